The van der Waals surface area contributed by atoms with E-state index >= 15 is 0 Å². The maximum atomic E-state index is 5.58. The lowest BCUT2D eigenvalue weighted by Crippen LogP contribution is -2.41. The van der Waals surface area contributed by atoms with Gasteiger partial charge in [-0.15, -0.1) is 0 Å². The molecule has 0 amide bonds. The van der Waals surface area contributed by atoms with Crippen LogP contribution in [-0.2, 0) is 16.0 Å². The highest BCUT2D eigenvalue weighted by Crippen LogP contribution is 2.15. The quantitative estimate of drug-likeness (QED) is 0.420. The highest BCUT2D eigenvalue weighted by Gasteiger charge is 2.17. The van der Waals surface area contributed by atoms with Crippen LogP contribution in [0.15, 0.2) is 23.3 Å². The molecule has 0 aromatic carbocycles. The Labute approximate surface area is 150 Å². The fourth-order valence-corrected chi connectivity index (χ4v) is 2.67. The topological polar surface area (TPSA) is 71.0 Å². The molecule has 1 unspecified atom stereocenters. The van der Waals surface area contributed by atoms with E-state index in [4.69, 9.17) is 9.47 Å². The van der Waals surface area contributed by atoms with Crippen LogP contribution in [0.5, 0.6) is 0 Å². The Morgan fingerprint density at radius 3 is 3.00 bits per heavy atom. The van der Waals surface area contributed by atoms with Crippen LogP contribution in [0.1, 0.15) is 25.8 Å². The molecular formula is C18H31N5O2. The van der Waals surface area contributed by atoms with Crippen molar-refractivity contribution < 1.29 is 9.47 Å². The largest absolute Gasteiger partial charge is 0.382 e. The summed E-state index contributed by atoms with van der Waals surface area (Å²) in [6.07, 6.45) is 3.14. The summed E-state index contributed by atoms with van der Waals surface area (Å²) in [5.74, 6) is 1.81. The lowest BCUT2D eigenvalue weighted by atomic mass is 10.2. The molecule has 2 rings (SSSR count). The van der Waals surface area contributed by atoms with Gasteiger partial charge in [0.15, 0.2) is 5.96 Å². The van der Waals surface area contributed by atoms with E-state index in [0.717, 1.165) is 63.2 Å². The van der Waals surface area contributed by atoms with E-state index in [0.29, 0.717) is 6.54 Å². The van der Waals surface area contributed by atoms with E-state index in [9.17, 15) is 0 Å². The number of morpholine rings is 1. The molecule has 140 valence electrons. The number of nitrogens with zero attached hydrogens (tertiary/aromatic N) is 3. The van der Waals surface area contributed by atoms with Crippen LogP contribution in [0.3, 0.4) is 0 Å². The fourth-order valence-electron chi connectivity index (χ4n) is 2.67. The van der Waals surface area contributed by atoms with E-state index in [-0.39, 0.29) is 6.10 Å². The monoisotopic (exact) mass is 349 g/mol. The molecule has 1 aromatic heterocycles. The maximum Gasteiger partial charge on any atom is 0.191 e. The summed E-state index contributed by atoms with van der Waals surface area (Å²) in [6, 6.07) is 4.19. The van der Waals surface area contributed by atoms with Gasteiger partial charge in [0.05, 0.1) is 12.7 Å². The molecule has 0 bridgehead atoms. The molecule has 0 spiro atoms. The zero-order valence-corrected chi connectivity index (χ0v) is 15.6. The highest BCUT2D eigenvalue weighted by atomic mass is 16.5. The summed E-state index contributed by atoms with van der Waals surface area (Å²) in [5, 5.41) is 6.59. The first-order chi connectivity index (χ1) is 12.2. The van der Waals surface area contributed by atoms with Crippen LogP contribution in [0.2, 0.25) is 0 Å². The summed E-state index contributed by atoms with van der Waals surface area (Å²) < 4.78 is 10.9. The van der Waals surface area contributed by atoms with E-state index in [1.807, 2.05) is 13.1 Å². The first-order valence-electron chi connectivity index (χ1n) is 9.06. The molecule has 1 saturated heterocycles. The molecule has 1 atom stereocenters. The predicted octanol–water partition coefficient (Wildman–Crippen LogP) is 1.40. The van der Waals surface area contributed by atoms with Crippen molar-refractivity contribution in [1.29, 1.82) is 0 Å². The van der Waals surface area contributed by atoms with Crippen molar-refractivity contribution in [3.05, 3.63) is 23.9 Å². The molecule has 25 heavy (non-hydrogen) atoms. The van der Waals surface area contributed by atoms with Gasteiger partial charge in [0.2, 0.25) is 0 Å². The van der Waals surface area contributed by atoms with Crippen molar-refractivity contribution in [3.63, 3.8) is 0 Å². The number of hydrogen-bond acceptors (Lipinski definition) is 5. The van der Waals surface area contributed by atoms with Crippen molar-refractivity contribution >= 4 is 11.8 Å². The average molecular weight is 349 g/mol. The molecule has 1 aliphatic rings. The number of hydrogen-bond donors (Lipinski definition) is 2. The second kappa shape index (κ2) is 10.9. The lowest BCUT2D eigenvalue weighted by Gasteiger charge is -2.32. The van der Waals surface area contributed by atoms with Gasteiger partial charge in [-0.25, -0.2) is 4.98 Å². The Morgan fingerprint density at radius 2 is 2.32 bits per heavy atom. The second-order valence-electron chi connectivity index (χ2n) is 6.06. The molecule has 2 N–H and O–H groups in total. The summed E-state index contributed by atoms with van der Waals surface area (Å²) in [5.41, 5.74) is 1.13. The van der Waals surface area contributed by atoms with E-state index in [1.165, 1.54) is 0 Å². The van der Waals surface area contributed by atoms with E-state index in [1.54, 1.807) is 7.05 Å². The minimum absolute atomic E-state index is 0.258. The van der Waals surface area contributed by atoms with Crippen LogP contribution in [0.4, 0.5) is 5.82 Å². The summed E-state index contributed by atoms with van der Waals surface area (Å²) in [7, 11) is 1.78. The zero-order chi connectivity index (χ0) is 17.9. The molecule has 0 saturated carbocycles. The Kier molecular flexibility index (Phi) is 8.48. The molecule has 1 aromatic rings. The number of aliphatic imine (C=N–C) groups is 1. The van der Waals surface area contributed by atoms with Crippen LogP contribution in [0, 0.1) is 0 Å². The van der Waals surface area contributed by atoms with Crippen LogP contribution in [-0.4, -0.2) is 63.6 Å². The van der Waals surface area contributed by atoms with Gasteiger partial charge >= 0.3 is 0 Å². The summed E-state index contributed by atoms with van der Waals surface area (Å²) in [4.78, 5) is 11.1. The normalized spacial score (nSPS) is 18.3. The highest BCUT2D eigenvalue weighted by molar-refractivity contribution is 5.79. The first kappa shape index (κ1) is 19.5. The van der Waals surface area contributed by atoms with Gasteiger partial charge in [0.25, 0.3) is 0 Å². The van der Waals surface area contributed by atoms with Gasteiger partial charge in [-0.1, -0.05) is 6.07 Å². The molecule has 7 heteroatoms. The summed E-state index contributed by atoms with van der Waals surface area (Å²) >= 11 is 0. The van der Waals surface area contributed by atoms with Crippen molar-refractivity contribution in [2.45, 2.75) is 32.9 Å². The van der Waals surface area contributed by atoms with Gasteiger partial charge in [-0.05, 0) is 31.9 Å². The zero-order valence-electron chi connectivity index (χ0n) is 15.6. The summed E-state index contributed by atoms with van der Waals surface area (Å²) in [6.45, 7) is 9.72. The van der Waals surface area contributed by atoms with Crippen molar-refractivity contribution in [1.82, 2.24) is 15.6 Å². The number of ether oxygens (including phenoxy) is 2. The molecule has 1 aliphatic heterocycles. The van der Waals surface area contributed by atoms with Gasteiger partial charge < -0.3 is 25.0 Å². The average Bonchev–Trinajstić information content (AvgIpc) is 2.64. The molecule has 7 nitrogen and oxygen atoms in total. The number of aromatic nitrogens is 1. The van der Waals surface area contributed by atoms with Gasteiger partial charge in [-0.2, -0.15) is 0 Å². The minimum Gasteiger partial charge on any atom is -0.382 e. The third-order valence-electron chi connectivity index (χ3n) is 4.02. The molecule has 0 aliphatic carbocycles. The van der Waals surface area contributed by atoms with Crippen molar-refractivity contribution in [2.24, 2.45) is 4.99 Å². The van der Waals surface area contributed by atoms with Crippen LogP contribution < -0.4 is 15.5 Å². The minimum atomic E-state index is 0.258. The van der Waals surface area contributed by atoms with Gasteiger partial charge in [0.1, 0.15) is 5.82 Å². The smallest absolute Gasteiger partial charge is 0.191 e. The number of pyridine rings is 1. The van der Waals surface area contributed by atoms with Crippen LogP contribution >= 0.6 is 0 Å². The number of guanidine groups is 1. The van der Waals surface area contributed by atoms with Crippen molar-refractivity contribution in [2.75, 3.05) is 51.4 Å². The standard InChI is InChI=1S/C18H31N5O2/c1-4-24-10-5-8-20-18(19-3)22-13-16-6-7-17(21-12-16)23-9-11-25-15(2)14-23/h6-7,12,15H,4-5,8-11,13-14H2,1-3H3,(H2,19,20,22). The molecule has 2 heterocycles. The molecule has 0 radical (unpaired) electrons. The SMILES string of the molecule is CCOCCCNC(=NC)NCc1ccc(N2CCOC(C)C2)nc1. The van der Waals surface area contributed by atoms with E-state index < -0.39 is 0 Å². The van der Waals surface area contributed by atoms with Crippen molar-refractivity contribution in [3.8, 4) is 0 Å². The van der Waals surface area contributed by atoms with Gasteiger partial charge in [-0.3, -0.25) is 4.99 Å². The molecule has 1 fully saturated rings. The third-order valence-corrected chi connectivity index (χ3v) is 4.02. The lowest BCUT2D eigenvalue weighted by molar-refractivity contribution is 0.0529. The number of anilines is 1. The first-order valence-corrected chi connectivity index (χ1v) is 9.06. The third kappa shape index (κ3) is 6.88. The predicted molar refractivity (Wildman–Crippen MR) is 101 cm³/mol. The van der Waals surface area contributed by atoms with E-state index in [2.05, 4.69) is 44.6 Å². The number of rotatable bonds is 8. The Hall–Kier alpha value is -1.86. The number of nitrogens with one attached hydrogen (secondary N) is 2. The Bertz CT molecular complexity index is 521. The van der Waals surface area contributed by atoms with Gasteiger partial charge in [0, 0.05) is 52.6 Å². The second-order valence-corrected chi connectivity index (χ2v) is 6.06. The Balaban J connectivity index is 1.74. The Morgan fingerprint density at radius 1 is 1.44 bits per heavy atom. The molecular weight excluding hydrogens is 318 g/mol. The maximum absolute atomic E-state index is 5.58. The van der Waals surface area contributed by atoms with Crippen LogP contribution in [0.25, 0.3) is 0 Å². The fraction of sp³-hybridized carbons (Fsp3) is 0.667.